The van der Waals surface area contributed by atoms with E-state index in [4.69, 9.17) is 4.74 Å². The minimum atomic E-state index is -0.519. The SMILES string of the molecule is CC(C)(C)OC(=O)N1CCC[C@@H](C(=O)N(Cc2cccnc2)C2CC2)C1. The van der Waals surface area contributed by atoms with Gasteiger partial charge in [-0.3, -0.25) is 9.78 Å². The summed E-state index contributed by atoms with van der Waals surface area (Å²) in [5, 5.41) is 0. The smallest absolute Gasteiger partial charge is 0.410 e. The van der Waals surface area contributed by atoms with E-state index in [1.807, 2.05) is 44.0 Å². The molecule has 0 spiro atoms. The van der Waals surface area contributed by atoms with Crippen molar-refractivity contribution in [3.8, 4) is 0 Å². The molecule has 1 saturated heterocycles. The Balaban J connectivity index is 1.64. The Hall–Kier alpha value is -2.11. The minimum Gasteiger partial charge on any atom is -0.444 e. The van der Waals surface area contributed by atoms with Crippen LogP contribution < -0.4 is 0 Å². The average molecular weight is 359 g/mol. The van der Waals surface area contributed by atoms with Crippen LogP contribution >= 0.6 is 0 Å². The number of amides is 2. The maximum absolute atomic E-state index is 13.2. The fraction of sp³-hybridized carbons (Fsp3) is 0.650. The fourth-order valence-electron chi connectivity index (χ4n) is 3.37. The number of hydrogen-bond acceptors (Lipinski definition) is 4. The van der Waals surface area contributed by atoms with Crippen LogP contribution in [0.3, 0.4) is 0 Å². The molecular formula is C20H29N3O3. The fourth-order valence-corrected chi connectivity index (χ4v) is 3.37. The molecule has 1 saturated carbocycles. The molecule has 142 valence electrons. The number of rotatable bonds is 4. The average Bonchev–Trinajstić information content (AvgIpc) is 3.43. The number of hydrogen-bond donors (Lipinski definition) is 0. The Morgan fingerprint density at radius 1 is 1.31 bits per heavy atom. The lowest BCUT2D eigenvalue weighted by Crippen LogP contribution is -2.48. The summed E-state index contributed by atoms with van der Waals surface area (Å²) >= 11 is 0. The molecule has 3 rings (SSSR count). The molecule has 0 aromatic carbocycles. The van der Waals surface area contributed by atoms with Crippen molar-refractivity contribution >= 4 is 12.0 Å². The van der Waals surface area contributed by atoms with Gasteiger partial charge in [0.15, 0.2) is 0 Å². The first-order valence-electron chi connectivity index (χ1n) is 9.51. The van der Waals surface area contributed by atoms with E-state index in [0.29, 0.717) is 25.7 Å². The standard InChI is InChI=1S/C20H29N3O3/c1-20(2,3)26-19(25)22-11-5-7-16(14-22)18(24)23(17-8-9-17)13-15-6-4-10-21-12-15/h4,6,10,12,16-17H,5,7-9,11,13-14H2,1-3H3/t16-/m1/s1. The topological polar surface area (TPSA) is 62.7 Å². The second-order valence-electron chi connectivity index (χ2n) is 8.32. The van der Waals surface area contributed by atoms with Gasteiger partial charge in [-0.1, -0.05) is 6.07 Å². The van der Waals surface area contributed by atoms with Crippen LogP contribution in [0.5, 0.6) is 0 Å². The molecule has 6 heteroatoms. The van der Waals surface area contributed by atoms with Crippen molar-refractivity contribution in [1.29, 1.82) is 0 Å². The summed E-state index contributed by atoms with van der Waals surface area (Å²) in [4.78, 5) is 33.3. The second kappa shape index (κ2) is 7.64. The number of ether oxygens (including phenoxy) is 1. The zero-order chi connectivity index (χ0) is 18.7. The van der Waals surface area contributed by atoms with E-state index >= 15 is 0 Å². The highest BCUT2D eigenvalue weighted by atomic mass is 16.6. The molecule has 2 amide bonds. The van der Waals surface area contributed by atoms with E-state index in [0.717, 1.165) is 31.2 Å². The van der Waals surface area contributed by atoms with Crippen LogP contribution in [0.4, 0.5) is 4.79 Å². The summed E-state index contributed by atoms with van der Waals surface area (Å²) in [5.41, 5.74) is 0.529. The Morgan fingerprint density at radius 2 is 2.08 bits per heavy atom. The van der Waals surface area contributed by atoms with Crippen molar-refractivity contribution in [2.24, 2.45) is 5.92 Å². The van der Waals surface area contributed by atoms with Gasteiger partial charge in [0.25, 0.3) is 0 Å². The lowest BCUT2D eigenvalue weighted by molar-refractivity contribution is -0.138. The predicted octanol–water partition coefficient (Wildman–Crippen LogP) is 3.22. The molecule has 0 radical (unpaired) electrons. The summed E-state index contributed by atoms with van der Waals surface area (Å²) in [6.07, 6.45) is 7.03. The van der Waals surface area contributed by atoms with Crippen LogP contribution in [-0.4, -0.2) is 51.5 Å². The number of nitrogens with zero attached hydrogens (tertiary/aromatic N) is 3. The zero-order valence-electron chi connectivity index (χ0n) is 16.0. The summed E-state index contributed by atoms with van der Waals surface area (Å²) in [7, 11) is 0. The van der Waals surface area contributed by atoms with Gasteiger partial charge >= 0.3 is 6.09 Å². The van der Waals surface area contributed by atoms with Crippen molar-refractivity contribution in [2.45, 2.75) is 64.6 Å². The van der Waals surface area contributed by atoms with E-state index in [9.17, 15) is 9.59 Å². The molecule has 26 heavy (non-hydrogen) atoms. The number of aromatic nitrogens is 1. The second-order valence-corrected chi connectivity index (χ2v) is 8.32. The van der Waals surface area contributed by atoms with Gasteiger partial charge < -0.3 is 14.5 Å². The van der Waals surface area contributed by atoms with E-state index in [2.05, 4.69) is 4.98 Å². The van der Waals surface area contributed by atoms with Gasteiger partial charge in [0.05, 0.1) is 5.92 Å². The van der Waals surface area contributed by atoms with Gasteiger partial charge in [-0.15, -0.1) is 0 Å². The molecule has 0 N–H and O–H groups in total. The summed E-state index contributed by atoms with van der Waals surface area (Å²) in [5.74, 6) is 0.0122. The number of carbonyl (C=O) groups is 2. The number of carbonyl (C=O) groups excluding carboxylic acids is 2. The molecule has 0 unspecified atom stereocenters. The quantitative estimate of drug-likeness (QED) is 0.828. The molecule has 2 aliphatic rings. The largest absolute Gasteiger partial charge is 0.444 e. The molecule has 1 aliphatic heterocycles. The number of likely N-dealkylation sites (tertiary alicyclic amines) is 1. The van der Waals surface area contributed by atoms with Crippen LogP contribution in [0.2, 0.25) is 0 Å². The first-order valence-corrected chi connectivity index (χ1v) is 9.51. The lowest BCUT2D eigenvalue weighted by Gasteiger charge is -2.36. The van der Waals surface area contributed by atoms with Gasteiger partial charge in [0.1, 0.15) is 5.60 Å². The highest BCUT2D eigenvalue weighted by Crippen LogP contribution is 2.31. The highest BCUT2D eigenvalue weighted by molar-refractivity contribution is 5.80. The summed E-state index contributed by atoms with van der Waals surface area (Å²) in [6, 6.07) is 4.24. The van der Waals surface area contributed by atoms with Gasteiger partial charge in [0, 0.05) is 38.1 Å². The van der Waals surface area contributed by atoms with E-state index in [1.54, 1.807) is 11.1 Å². The first-order chi connectivity index (χ1) is 12.3. The van der Waals surface area contributed by atoms with E-state index < -0.39 is 5.60 Å². The maximum atomic E-state index is 13.2. The van der Waals surface area contributed by atoms with Crippen LogP contribution in [0.25, 0.3) is 0 Å². The van der Waals surface area contributed by atoms with Crippen molar-refractivity contribution in [3.05, 3.63) is 30.1 Å². The third-order valence-electron chi connectivity index (χ3n) is 4.77. The minimum absolute atomic E-state index is 0.145. The Bertz CT molecular complexity index is 637. The molecule has 1 aliphatic carbocycles. The molecular weight excluding hydrogens is 330 g/mol. The third kappa shape index (κ3) is 4.96. The molecule has 6 nitrogen and oxygen atoms in total. The third-order valence-corrected chi connectivity index (χ3v) is 4.77. The zero-order valence-corrected chi connectivity index (χ0v) is 16.0. The van der Waals surface area contributed by atoms with Crippen molar-refractivity contribution in [2.75, 3.05) is 13.1 Å². The summed E-state index contributed by atoms with van der Waals surface area (Å²) < 4.78 is 5.48. The van der Waals surface area contributed by atoms with Crippen LogP contribution in [0.1, 0.15) is 52.0 Å². The summed E-state index contributed by atoms with van der Waals surface area (Å²) in [6.45, 7) is 7.29. The first kappa shape index (κ1) is 18.7. The van der Waals surface area contributed by atoms with Crippen LogP contribution in [-0.2, 0) is 16.1 Å². The molecule has 1 aromatic rings. The Kier molecular flexibility index (Phi) is 5.49. The van der Waals surface area contributed by atoms with Crippen LogP contribution in [0.15, 0.2) is 24.5 Å². The van der Waals surface area contributed by atoms with Crippen molar-refractivity contribution in [3.63, 3.8) is 0 Å². The lowest BCUT2D eigenvalue weighted by atomic mass is 9.96. The van der Waals surface area contributed by atoms with Gasteiger partial charge in [-0.25, -0.2) is 4.79 Å². The Morgan fingerprint density at radius 3 is 2.69 bits per heavy atom. The Labute approximate surface area is 155 Å². The van der Waals surface area contributed by atoms with Gasteiger partial charge in [-0.05, 0) is 58.1 Å². The molecule has 0 bridgehead atoms. The van der Waals surface area contributed by atoms with Crippen molar-refractivity contribution < 1.29 is 14.3 Å². The molecule has 2 fully saturated rings. The van der Waals surface area contributed by atoms with E-state index in [-0.39, 0.29) is 17.9 Å². The maximum Gasteiger partial charge on any atom is 0.410 e. The normalized spacial score (nSPS) is 20.6. The predicted molar refractivity (Wildman–Crippen MR) is 98.3 cm³/mol. The van der Waals surface area contributed by atoms with Crippen LogP contribution in [0, 0.1) is 5.92 Å². The molecule has 1 atom stereocenters. The monoisotopic (exact) mass is 359 g/mol. The van der Waals surface area contributed by atoms with Crippen molar-refractivity contribution in [1.82, 2.24) is 14.8 Å². The van der Waals surface area contributed by atoms with Gasteiger partial charge in [-0.2, -0.15) is 0 Å². The highest BCUT2D eigenvalue weighted by Gasteiger charge is 2.38. The van der Waals surface area contributed by atoms with E-state index in [1.165, 1.54) is 0 Å². The number of pyridine rings is 1. The number of piperidine rings is 1. The molecule has 1 aromatic heterocycles. The van der Waals surface area contributed by atoms with Gasteiger partial charge in [0.2, 0.25) is 5.91 Å². The molecule has 2 heterocycles.